The van der Waals surface area contributed by atoms with E-state index in [1.54, 1.807) is 13.2 Å². The number of carbonyl (C=O) groups is 2. The quantitative estimate of drug-likeness (QED) is 0.211. The topological polar surface area (TPSA) is 110 Å². The second-order valence-electron chi connectivity index (χ2n) is 17.0. The average molecular weight is 717 g/mol. The number of nitrogens with zero attached hydrogens (tertiary/aromatic N) is 2. The van der Waals surface area contributed by atoms with Crippen molar-refractivity contribution < 1.29 is 22.7 Å². The molecule has 7 rings (SSSR count). The van der Waals surface area contributed by atoms with Gasteiger partial charge in [0.2, 0.25) is 5.91 Å². The third kappa shape index (κ3) is 5.61. The molecule has 4 aliphatic rings. The van der Waals surface area contributed by atoms with Crippen LogP contribution in [-0.2, 0) is 21.5 Å². The molecule has 3 aliphatic carbocycles. The fourth-order valence-corrected chi connectivity index (χ4v) is 10.9. The molecule has 2 amide bonds. The van der Waals surface area contributed by atoms with Crippen molar-refractivity contribution >= 4 is 32.9 Å². The second-order valence-corrected chi connectivity index (χ2v) is 18.9. The number of fused-ring (bicyclic) bond motifs is 9. The van der Waals surface area contributed by atoms with Crippen LogP contribution in [0.3, 0.4) is 0 Å². The predicted molar refractivity (Wildman–Crippen MR) is 202 cm³/mol. The highest BCUT2D eigenvalue weighted by Gasteiger charge is 2.64. The van der Waals surface area contributed by atoms with E-state index < -0.39 is 21.5 Å². The Labute approximate surface area is 304 Å². The van der Waals surface area contributed by atoms with Crippen molar-refractivity contribution in [1.82, 2.24) is 18.9 Å². The van der Waals surface area contributed by atoms with Gasteiger partial charge >= 0.3 is 10.2 Å². The zero-order valence-corrected chi connectivity index (χ0v) is 32.5. The fraction of sp³-hybridized carbons (Fsp3) is 0.610. The minimum Gasteiger partial charge on any atom is -0.497 e. The standard InChI is InChI=1S/C41H56N4O5S/c1-9-11-25(12-10-2)35-29-15-13-26(37(46)43-51(48,49)44(6)7)21-34(29)45-24-41(23-32(41)30-22-27(50-8)14-16-28(30)36(35)45)38(47)42-33-18-20-40(5)19-17-31(33)39(40,3)4/h13-16,21-22,25,31-33H,9-12,17-20,23-24H2,1-8H3,(H,42,47)(H,43,46)/t31?,32?,33-,40?,41?/m0/s1. The summed E-state index contributed by atoms with van der Waals surface area (Å²) in [7, 11) is 0.489. The Hall–Kier alpha value is -3.37. The number of methoxy groups -OCH3 is 1. The summed E-state index contributed by atoms with van der Waals surface area (Å²) in [6.07, 6.45) is 9.31. The number of aromatic nitrogens is 1. The van der Waals surface area contributed by atoms with Crippen LogP contribution in [0, 0.1) is 22.2 Å². The molecule has 10 heteroatoms. The summed E-state index contributed by atoms with van der Waals surface area (Å²) in [4.78, 5) is 28.4. The van der Waals surface area contributed by atoms with Gasteiger partial charge in [0.1, 0.15) is 5.75 Å². The molecular weight excluding hydrogens is 661 g/mol. The maximum atomic E-state index is 14.9. The van der Waals surface area contributed by atoms with Gasteiger partial charge < -0.3 is 14.6 Å². The lowest BCUT2D eigenvalue weighted by Crippen LogP contribution is -2.53. The molecule has 0 radical (unpaired) electrons. The van der Waals surface area contributed by atoms with Crippen molar-refractivity contribution in [3.05, 3.63) is 53.1 Å². The van der Waals surface area contributed by atoms with Gasteiger partial charge in [-0.05, 0) is 109 Å². The van der Waals surface area contributed by atoms with Gasteiger partial charge in [-0.25, -0.2) is 4.72 Å². The highest BCUT2D eigenvalue weighted by molar-refractivity contribution is 7.87. The molecular formula is C41H56N4O5S. The molecule has 1 aromatic heterocycles. The van der Waals surface area contributed by atoms with Crippen LogP contribution >= 0.6 is 0 Å². The normalized spacial score (nSPS) is 27.5. The highest BCUT2D eigenvalue weighted by Crippen LogP contribution is 2.67. The molecule has 3 fully saturated rings. The lowest BCUT2D eigenvalue weighted by Gasteiger charge is -2.49. The van der Waals surface area contributed by atoms with Crippen molar-refractivity contribution in [3.8, 4) is 17.0 Å². The highest BCUT2D eigenvalue weighted by atomic mass is 32.2. The molecule has 0 saturated heterocycles. The molecule has 2 aromatic carbocycles. The molecule has 276 valence electrons. The van der Waals surface area contributed by atoms with Crippen LogP contribution in [-0.4, -0.2) is 56.4 Å². The lowest BCUT2D eigenvalue weighted by atomic mass is 9.58. The molecule has 5 atom stereocenters. The Bertz CT molecular complexity index is 1990. The summed E-state index contributed by atoms with van der Waals surface area (Å²) in [5, 5.41) is 4.71. The Morgan fingerprint density at radius 1 is 1.02 bits per heavy atom. The lowest BCUT2D eigenvalue weighted by molar-refractivity contribution is -0.129. The van der Waals surface area contributed by atoms with Crippen molar-refractivity contribution in [2.45, 2.75) is 117 Å². The molecule has 4 unspecified atom stereocenters. The van der Waals surface area contributed by atoms with E-state index in [1.807, 2.05) is 18.2 Å². The van der Waals surface area contributed by atoms with Crippen LogP contribution < -0.4 is 14.8 Å². The van der Waals surface area contributed by atoms with Crippen molar-refractivity contribution in [2.24, 2.45) is 22.2 Å². The number of rotatable bonds is 11. The monoisotopic (exact) mass is 716 g/mol. The third-order valence-corrected chi connectivity index (χ3v) is 15.3. The number of carbonyl (C=O) groups excluding carboxylic acids is 2. The summed E-state index contributed by atoms with van der Waals surface area (Å²) in [6.45, 7) is 12.2. The Kier molecular flexibility index (Phi) is 8.93. The Morgan fingerprint density at radius 2 is 1.73 bits per heavy atom. The Morgan fingerprint density at radius 3 is 2.39 bits per heavy atom. The van der Waals surface area contributed by atoms with Gasteiger partial charge in [0.15, 0.2) is 0 Å². The van der Waals surface area contributed by atoms with Gasteiger partial charge in [-0.15, -0.1) is 0 Å². The van der Waals surface area contributed by atoms with Crippen LogP contribution in [0.4, 0.5) is 0 Å². The maximum Gasteiger partial charge on any atom is 0.303 e. The number of benzene rings is 2. The molecule has 0 spiro atoms. The molecule has 2 heterocycles. The van der Waals surface area contributed by atoms with Gasteiger partial charge in [0, 0.05) is 54.6 Å². The number of hydrogen-bond donors (Lipinski definition) is 2. The number of hydrogen-bond acceptors (Lipinski definition) is 5. The van der Waals surface area contributed by atoms with Crippen LogP contribution in [0.15, 0.2) is 36.4 Å². The number of ether oxygens (including phenoxy) is 1. The van der Waals surface area contributed by atoms with Gasteiger partial charge in [-0.1, -0.05) is 53.5 Å². The van der Waals surface area contributed by atoms with E-state index >= 15 is 0 Å². The third-order valence-electron chi connectivity index (χ3n) is 13.9. The summed E-state index contributed by atoms with van der Waals surface area (Å²) in [5.74, 6) is 0.981. The number of amides is 2. The Balaban J connectivity index is 1.39. The molecule has 51 heavy (non-hydrogen) atoms. The van der Waals surface area contributed by atoms with Crippen molar-refractivity contribution in [3.63, 3.8) is 0 Å². The zero-order valence-electron chi connectivity index (χ0n) is 31.7. The minimum atomic E-state index is -3.98. The molecule has 1 aliphatic heterocycles. The fourth-order valence-electron chi connectivity index (χ4n) is 10.4. The predicted octanol–water partition coefficient (Wildman–Crippen LogP) is 7.75. The van der Waals surface area contributed by atoms with Crippen LogP contribution in [0.25, 0.3) is 22.2 Å². The molecule has 3 saturated carbocycles. The van der Waals surface area contributed by atoms with Crippen LogP contribution in [0.2, 0.25) is 0 Å². The summed E-state index contributed by atoms with van der Waals surface area (Å²) in [6, 6.07) is 12.0. The largest absolute Gasteiger partial charge is 0.497 e. The maximum absolute atomic E-state index is 14.9. The van der Waals surface area contributed by atoms with Crippen LogP contribution in [0.1, 0.15) is 126 Å². The first-order valence-corrected chi connectivity index (χ1v) is 20.5. The van der Waals surface area contributed by atoms with Gasteiger partial charge in [0.25, 0.3) is 5.91 Å². The molecule has 2 N–H and O–H groups in total. The second kappa shape index (κ2) is 12.6. The van der Waals surface area contributed by atoms with Gasteiger partial charge in [0.05, 0.1) is 18.2 Å². The van der Waals surface area contributed by atoms with E-state index in [4.69, 9.17) is 4.74 Å². The van der Waals surface area contributed by atoms with Crippen molar-refractivity contribution in [1.29, 1.82) is 0 Å². The SMILES string of the molecule is CCCC(CCC)c1c2n(c3cc(C(=O)NS(=O)(=O)N(C)C)ccc13)CC1(C(=O)N[C@H]3CCC4(C)CCC3C4(C)C)CC1c1cc(OC)ccc1-2. The molecule has 2 bridgehead atoms. The summed E-state index contributed by atoms with van der Waals surface area (Å²) >= 11 is 0. The van der Waals surface area contributed by atoms with Crippen LogP contribution in [0.5, 0.6) is 5.75 Å². The molecule has 3 aromatic rings. The van der Waals surface area contributed by atoms with E-state index in [0.717, 1.165) is 89.1 Å². The minimum absolute atomic E-state index is 0.0309. The van der Waals surface area contributed by atoms with Crippen molar-refractivity contribution in [2.75, 3.05) is 21.2 Å². The first kappa shape index (κ1) is 36.0. The first-order chi connectivity index (χ1) is 24.1. The van der Waals surface area contributed by atoms with E-state index in [9.17, 15) is 18.0 Å². The first-order valence-electron chi connectivity index (χ1n) is 19.0. The zero-order chi connectivity index (χ0) is 36.7. The number of nitrogens with one attached hydrogen (secondary N) is 2. The smallest absolute Gasteiger partial charge is 0.303 e. The molecule has 9 nitrogen and oxygen atoms in total. The van der Waals surface area contributed by atoms with E-state index in [0.29, 0.717) is 17.9 Å². The summed E-state index contributed by atoms with van der Waals surface area (Å²) in [5.41, 5.74) is 5.57. The van der Waals surface area contributed by atoms with E-state index in [-0.39, 0.29) is 34.8 Å². The average Bonchev–Trinajstić information content (AvgIpc) is 3.73. The van der Waals surface area contributed by atoms with E-state index in [1.165, 1.54) is 26.1 Å². The van der Waals surface area contributed by atoms with E-state index in [2.05, 4.69) is 61.4 Å². The summed E-state index contributed by atoms with van der Waals surface area (Å²) < 4.78 is 36.6. The van der Waals surface area contributed by atoms with Gasteiger partial charge in [-0.3, -0.25) is 9.59 Å². The van der Waals surface area contributed by atoms with Gasteiger partial charge in [-0.2, -0.15) is 12.7 Å².